The maximum absolute atomic E-state index is 12.3. The molecule has 0 aliphatic heterocycles. The number of hydrogen-bond acceptors (Lipinski definition) is 4. The zero-order valence-corrected chi connectivity index (χ0v) is 12.5. The van der Waals surface area contributed by atoms with Crippen LogP contribution in [0.5, 0.6) is 5.75 Å². The minimum absolute atomic E-state index is 0.126. The first-order chi connectivity index (χ1) is 10.8. The minimum Gasteiger partial charge on any atom is -0.497 e. The lowest BCUT2D eigenvalue weighted by Crippen LogP contribution is -2.38. The molecule has 5 nitrogen and oxygen atoms in total. The number of hydrogen-bond donors (Lipinski definition) is 1. The monoisotopic (exact) mass is 297 g/mol. The highest BCUT2D eigenvalue weighted by Gasteiger charge is 2.32. The number of nitrogens with zero attached hydrogens (tertiary/aromatic N) is 2. The third-order valence-corrected chi connectivity index (χ3v) is 3.89. The lowest BCUT2D eigenvalue weighted by atomic mass is 10.0. The summed E-state index contributed by atoms with van der Waals surface area (Å²) in [5.41, 5.74) is 1.52. The van der Waals surface area contributed by atoms with E-state index in [0.29, 0.717) is 11.6 Å². The molecule has 1 aromatic carbocycles. The normalized spacial score (nSPS) is 15.1. The molecule has 1 aliphatic rings. The maximum atomic E-state index is 12.3. The van der Waals surface area contributed by atoms with Gasteiger partial charge in [-0.05, 0) is 42.9 Å². The van der Waals surface area contributed by atoms with Crippen molar-refractivity contribution in [3.8, 4) is 5.75 Å². The van der Waals surface area contributed by atoms with E-state index in [9.17, 15) is 4.79 Å². The fourth-order valence-corrected chi connectivity index (χ4v) is 2.55. The minimum atomic E-state index is -0.159. The van der Waals surface area contributed by atoms with Gasteiger partial charge < -0.3 is 10.1 Å². The molecule has 1 N–H and O–H groups in total. The molecule has 0 radical (unpaired) electrons. The zero-order chi connectivity index (χ0) is 15.4. The number of methoxy groups -OCH3 is 1. The van der Waals surface area contributed by atoms with Crippen molar-refractivity contribution >= 4 is 5.91 Å². The number of aromatic nitrogens is 2. The number of amides is 1. The number of carbonyl (C=O) groups is 1. The predicted molar refractivity (Wildman–Crippen MR) is 82.7 cm³/mol. The third kappa shape index (κ3) is 3.61. The Morgan fingerprint density at radius 2 is 2.27 bits per heavy atom. The fraction of sp³-hybridized carbons (Fsp3) is 0.353. The van der Waals surface area contributed by atoms with E-state index in [0.717, 1.165) is 30.6 Å². The van der Waals surface area contributed by atoms with Crippen molar-refractivity contribution in [3.05, 3.63) is 54.1 Å². The largest absolute Gasteiger partial charge is 0.497 e. The maximum Gasteiger partial charge on any atom is 0.271 e. The molecule has 0 spiro atoms. The van der Waals surface area contributed by atoms with Gasteiger partial charge in [-0.15, -0.1) is 0 Å². The summed E-state index contributed by atoms with van der Waals surface area (Å²) in [6.45, 7) is 0. The molecule has 1 amide bonds. The Bertz CT molecular complexity index is 641. The Kier molecular flexibility index (Phi) is 4.32. The summed E-state index contributed by atoms with van der Waals surface area (Å²) in [6.07, 6.45) is 7.71. The molecule has 0 saturated heterocycles. The van der Waals surface area contributed by atoms with Crippen LogP contribution in [0.25, 0.3) is 0 Å². The van der Waals surface area contributed by atoms with Crippen molar-refractivity contribution in [1.82, 2.24) is 15.3 Å². The summed E-state index contributed by atoms with van der Waals surface area (Å²) >= 11 is 0. The van der Waals surface area contributed by atoms with Crippen LogP contribution in [-0.2, 0) is 6.42 Å². The summed E-state index contributed by atoms with van der Waals surface area (Å²) < 4.78 is 5.26. The summed E-state index contributed by atoms with van der Waals surface area (Å²) in [5.74, 6) is 1.23. The fourth-order valence-electron chi connectivity index (χ4n) is 2.55. The van der Waals surface area contributed by atoms with E-state index in [-0.39, 0.29) is 11.9 Å². The Morgan fingerprint density at radius 1 is 1.41 bits per heavy atom. The lowest BCUT2D eigenvalue weighted by Gasteiger charge is -2.18. The van der Waals surface area contributed by atoms with Crippen LogP contribution in [0.4, 0.5) is 0 Å². The van der Waals surface area contributed by atoms with Crippen LogP contribution >= 0.6 is 0 Å². The van der Waals surface area contributed by atoms with Gasteiger partial charge in [0.2, 0.25) is 0 Å². The Labute approximate surface area is 129 Å². The molecular weight excluding hydrogens is 278 g/mol. The van der Waals surface area contributed by atoms with Gasteiger partial charge >= 0.3 is 0 Å². The van der Waals surface area contributed by atoms with Crippen molar-refractivity contribution in [2.24, 2.45) is 5.92 Å². The van der Waals surface area contributed by atoms with E-state index in [4.69, 9.17) is 4.74 Å². The van der Waals surface area contributed by atoms with Gasteiger partial charge in [-0.1, -0.05) is 12.1 Å². The second-order valence-electron chi connectivity index (χ2n) is 5.56. The highest BCUT2D eigenvalue weighted by Crippen LogP contribution is 2.34. The molecule has 1 fully saturated rings. The first-order valence-electron chi connectivity index (χ1n) is 7.46. The van der Waals surface area contributed by atoms with Crippen LogP contribution in [0.15, 0.2) is 42.9 Å². The van der Waals surface area contributed by atoms with Crippen LogP contribution in [-0.4, -0.2) is 29.0 Å². The number of ether oxygens (including phenoxy) is 1. The van der Waals surface area contributed by atoms with E-state index in [2.05, 4.69) is 21.4 Å². The molecule has 1 saturated carbocycles. The second-order valence-corrected chi connectivity index (χ2v) is 5.56. The van der Waals surface area contributed by atoms with Crippen molar-refractivity contribution in [3.63, 3.8) is 0 Å². The van der Waals surface area contributed by atoms with Crippen molar-refractivity contribution < 1.29 is 9.53 Å². The first-order valence-corrected chi connectivity index (χ1v) is 7.46. The Hall–Kier alpha value is -2.43. The number of nitrogens with one attached hydrogen (secondary N) is 1. The van der Waals surface area contributed by atoms with E-state index in [1.54, 1.807) is 13.3 Å². The van der Waals surface area contributed by atoms with Crippen LogP contribution in [0, 0.1) is 5.92 Å². The zero-order valence-electron chi connectivity index (χ0n) is 12.5. The molecule has 114 valence electrons. The molecule has 3 rings (SSSR count). The summed E-state index contributed by atoms with van der Waals surface area (Å²) in [6, 6.07) is 8.11. The van der Waals surface area contributed by atoms with Crippen LogP contribution in [0.2, 0.25) is 0 Å². The number of rotatable bonds is 6. The first kappa shape index (κ1) is 14.5. The molecule has 1 aliphatic carbocycles. The van der Waals surface area contributed by atoms with E-state index >= 15 is 0 Å². The summed E-state index contributed by atoms with van der Waals surface area (Å²) in [5, 5.41) is 3.10. The van der Waals surface area contributed by atoms with Gasteiger partial charge in [0.25, 0.3) is 5.91 Å². The SMILES string of the molecule is COc1cccc(C[C@H](NC(=O)c2cnccn2)C2CC2)c1. The highest BCUT2D eigenvalue weighted by molar-refractivity contribution is 5.92. The van der Waals surface area contributed by atoms with Crippen molar-refractivity contribution in [2.75, 3.05) is 7.11 Å². The smallest absolute Gasteiger partial charge is 0.271 e. The summed E-state index contributed by atoms with van der Waals surface area (Å²) in [7, 11) is 1.66. The highest BCUT2D eigenvalue weighted by atomic mass is 16.5. The average molecular weight is 297 g/mol. The molecule has 5 heteroatoms. The number of benzene rings is 1. The summed E-state index contributed by atoms with van der Waals surface area (Å²) in [4.78, 5) is 20.3. The van der Waals surface area contributed by atoms with Gasteiger partial charge in [-0.2, -0.15) is 0 Å². The molecular formula is C17H19N3O2. The number of carbonyl (C=O) groups excluding carboxylic acids is 1. The molecule has 0 bridgehead atoms. The lowest BCUT2D eigenvalue weighted by molar-refractivity contribution is 0.0926. The molecule has 22 heavy (non-hydrogen) atoms. The Balaban J connectivity index is 1.69. The molecule has 2 aromatic rings. The standard InChI is InChI=1S/C17H19N3O2/c1-22-14-4-2-3-12(9-14)10-15(13-5-6-13)20-17(21)16-11-18-7-8-19-16/h2-4,7-9,11,13,15H,5-6,10H2,1H3,(H,20,21)/t15-/m0/s1. The Morgan fingerprint density at radius 3 is 2.95 bits per heavy atom. The topological polar surface area (TPSA) is 64.1 Å². The quantitative estimate of drug-likeness (QED) is 0.888. The molecule has 0 unspecified atom stereocenters. The van der Waals surface area contributed by atoms with Crippen LogP contribution < -0.4 is 10.1 Å². The van der Waals surface area contributed by atoms with Gasteiger partial charge in [-0.3, -0.25) is 9.78 Å². The van der Waals surface area contributed by atoms with Gasteiger partial charge in [0.1, 0.15) is 11.4 Å². The van der Waals surface area contributed by atoms with Crippen LogP contribution in [0.1, 0.15) is 28.9 Å². The van der Waals surface area contributed by atoms with E-state index in [1.165, 1.54) is 12.4 Å². The van der Waals surface area contributed by atoms with Gasteiger partial charge in [0, 0.05) is 18.4 Å². The van der Waals surface area contributed by atoms with E-state index in [1.807, 2.05) is 18.2 Å². The molecule has 1 atom stereocenters. The van der Waals surface area contributed by atoms with Gasteiger partial charge in [0.15, 0.2) is 0 Å². The van der Waals surface area contributed by atoms with Crippen LogP contribution in [0.3, 0.4) is 0 Å². The van der Waals surface area contributed by atoms with E-state index < -0.39 is 0 Å². The second kappa shape index (κ2) is 6.56. The average Bonchev–Trinajstić information content (AvgIpc) is 3.40. The van der Waals surface area contributed by atoms with Crippen molar-refractivity contribution in [1.29, 1.82) is 0 Å². The van der Waals surface area contributed by atoms with Crippen molar-refractivity contribution in [2.45, 2.75) is 25.3 Å². The van der Waals surface area contributed by atoms with Gasteiger partial charge in [-0.25, -0.2) is 4.98 Å². The third-order valence-electron chi connectivity index (χ3n) is 3.89. The predicted octanol–water partition coefficient (Wildman–Crippen LogP) is 2.24. The molecule has 1 heterocycles. The molecule has 1 aromatic heterocycles. The van der Waals surface area contributed by atoms with Gasteiger partial charge in [0.05, 0.1) is 13.3 Å².